The number of carboxylic acids is 1. The fourth-order valence-corrected chi connectivity index (χ4v) is 19.3. The number of aliphatic hydroxyl groups is 3. The van der Waals surface area contributed by atoms with Crippen LogP contribution in [0.4, 0.5) is 0 Å². The Kier molecular flexibility index (Phi) is 12.6. The maximum absolute atomic E-state index is 13.2. The maximum Gasteiger partial charge on any atom is 0.394 e. The van der Waals surface area contributed by atoms with Gasteiger partial charge in [-0.15, -0.1) is 0 Å². The largest absolute Gasteiger partial charge is 0.474 e. The molecular formula is C53H89NO6. The zero-order valence-electron chi connectivity index (χ0n) is 39.4. The van der Waals surface area contributed by atoms with Crippen LogP contribution >= 0.6 is 0 Å². The summed E-state index contributed by atoms with van der Waals surface area (Å²) >= 11 is 0. The van der Waals surface area contributed by atoms with Crippen LogP contribution in [0.1, 0.15) is 209 Å². The quantitative estimate of drug-likeness (QED) is 0.115. The van der Waals surface area contributed by atoms with E-state index in [0.29, 0.717) is 63.1 Å². The van der Waals surface area contributed by atoms with Gasteiger partial charge in [0, 0.05) is 6.54 Å². The van der Waals surface area contributed by atoms with E-state index in [0.717, 1.165) is 60.2 Å². The van der Waals surface area contributed by atoms with Gasteiger partial charge in [0.25, 0.3) is 5.91 Å². The molecule has 0 spiro atoms. The zero-order chi connectivity index (χ0) is 43.0. The molecule has 17 atom stereocenters. The minimum Gasteiger partial charge on any atom is -0.474 e. The van der Waals surface area contributed by atoms with E-state index in [2.05, 4.69) is 41.5 Å². The Morgan fingerprint density at radius 1 is 0.583 bits per heavy atom. The van der Waals surface area contributed by atoms with Crippen molar-refractivity contribution in [2.75, 3.05) is 6.54 Å². The number of carbonyl (C=O) groups excluding carboxylic acids is 1. The first-order valence-electron chi connectivity index (χ1n) is 26.0. The average Bonchev–Trinajstić information content (AvgIpc) is 3.75. The van der Waals surface area contributed by atoms with Gasteiger partial charge in [-0.3, -0.25) is 9.69 Å². The third-order valence-electron chi connectivity index (χ3n) is 22.6. The van der Waals surface area contributed by atoms with Crippen LogP contribution < -0.4 is 0 Å². The fraction of sp³-hybridized carbons (Fsp3) is 0.962. The number of nitrogens with zero attached hydrogens (tertiary/aromatic N) is 1. The molecule has 0 aliphatic heterocycles. The number of carboxylic acid groups (broad SMARTS) is 1. The first kappa shape index (κ1) is 45.4. The second-order valence-electron chi connectivity index (χ2n) is 24.9. The summed E-state index contributed by atoms with van der Waals surface area (Å²) in [6.07, 6.45) is 30.2. The number of carbonyl (C=O) groups is 2. The number of hydrogen-bond acceptors (Lipinski definition) is 5. The second kappa shape index (κ2) is 16.7. The van der Waals surface area contributed by atoms with E-state index >= 15 is 0 Å². The fourth-order valence-electron chi connectivity index (χ4n) is 19.3. The molecule has 4 N–H and O–H groups in total. The van der Waals surface area contributed by atoms with E-state index in [1.54, 1.807) is 0 Å². The van der Waals surface area contributed by atoms with E-state index in [1.807, 2.05) is 0 Å². The number of aliphatic carboxylic acids is 1. The number of rotatable bonds is 12. The van der Waals surface area contributed by atoms with Crippen LogP contribution in [0.15, 0.2) is 0 Å². The van der Waals surface area contributed by atoms with E-state index in [1.165, 1.54) is 135 Å². The maximum atomic E-state index is 13.2. The van der Waals surface area contributed by atoms with Crippen LogP contribution in [0.5, 0.6) is 0 Å². The lowest BCUT2D eigenvalue weighted by atomic mass is 9.44. The lowest BCUT2D eigenvalue weighted by Crippen LogP contribution is -2.66. The summed E-state index contributed by atoms with van der Waals surface area (Å²) in [7, 11) is 0. The zero-order valence-corrected chi connectivity index (χ0v) is 39.4. The topological polar surface area (TPSA) is 118 Å². The highest BCUT2D eigenvalue weighted by Crippen LogP contribution is 2.70. The molecule has 8 fully saturated rings. The Morgan fingerprint density at radius 3 is 1.50 bits per heavy atom. The Balaban J connectivity index is 0.854. The van der Waals surface area contributed by atoms with Gasteiger partial charge in [0.05, 0.1) is 0 Å². The Morgan fingerprint density at radius 2 is 1.03 bits per heavy atom. The van der Waals surface area contributed by atoms with Gasteiger partial charge in [0.2, 0.25) is 0 Å². The number of fused-ring (bicyclic) bond motifs is 10. The molecule has 0 saturated heterocycles. The lowest BCUT2D eigenvalue weighted by Gasteiger charge is -2.61. The molecule has 0 aromatic heterocycles. The molecule has 0 aromatic rings. The first-order valence-corrected chi connectivity index (χ1v) is 26.0. The molecule has 8 aliphatic carbocycles. The normalized spacial score (nSPS) is 45.7. The third-order valence-corrected chi connectivity index (χ3v) is 22.6. The van der Waals surface area contributed by atoms with Gasteiger partial charge in [-0.05, 0) is 222 Å². The van der Waals surface area contributed by atoms with Crippen molar-refractivity contribution in [1.82, 2.24) is 4.90 Å². The molecule has 7 nitrogen and oxygen atoms in total. The van der Waals surface area contributed by atoms with Gasteiger partial charge in [-0.1, -0.05) is 80.1 Å². The smallest absolute Gasteiger partial charge is 0.394 e. The molecule has 8 aliphatic rings. The van der Waals surface area contributed by atoms with Crippen molar-refractivity contribution in [3.8, 4) is 0 Å². The third kappa shape index (κ3) is 7.39. The molecule has 8 saturated carbocycles. The van der Waals surface area contributed by atoms with Crippen LogP contribution in [-0.2, 0) is 9.59 Å². The molecule has 7 heteroatoms. The van der Waals surface area contributed by atoms with Gasteiger partial charge in [-0.25, -0.2) is 4.79 Å². The minimum absolute atomic E-state index is 0.0746. The summed E-state index contributed by atoms with van der Waals surface area (Å²) in [5.74, 6) is 2.78. The minimum atomic E-state index is -3.00. The Hall–Kier alpha value is -1.18. The van der Waals surface area contributed by atoms with Crippen LogP contribution in [-0.4, -0.2) is 55.3 Å². The van der Waals surface area contributed by atoms with Crippen LogP contribution in [0, 0.1) is 92.7 Å². The summed E-state index contributed by atoms with van der Waals surface area (Å²) in [4.78, 5) is 26.0. The summed E-state index contributed by atoms with van der Waals surface area (Å²) in [5.41, 5.74) is -0.385. The molecule has 0 radical (unpaired) electrons. The van der Waals surface area contributed by atoms with Gasteiger partial charge in [-0.2, -0.15) is 0 Å². The summed E-state index contributed by atoms with van der Waals surface area (Å²) in [6.45, 7) is 16.4. The SMILES string of the molecule is C[C@H](CCCN(C(=O)C(=O)O)C(O)(O)C(C)(O)CCC[C@@H](C)[C@H]1CC[C@H]2[C@@H]3CCC4CCCC[C@]4(C)[C@H]3CC[C@]12C)[C@H]1CC[C@H]2[C@@H]3CCC4CCCC[C@]4(C)[C@H]3CC[C@]12C. The van der Waals surface area contributed by atoms with Crippen molar-refractivity contribution < 1.29 is 30.0 Å². The van der Waals surface area contributed by atoms with Crippen LogP contribution in [0.3, 0.4) is 0 Å². The summed E-state index contributed by atoms with van der Waals surface area (Å²) in [6, 6.07) is 0. The molecule has 0 bridgehead atoms. The van der Waals surface area contributed by atoms with Crippen LogP contribution in [0.2, 0.25) is 0 Å². The summed E-state index contributed by atoms with van der Waals surface area (Å²) in [5, 5.41) is 44.9. The monoisotopic (exact) mass is 836 g/mol. The number of amides is 1. The standard InChI is InChI=1S/C53H89NO6/c1-34(40-22-24-42-38-20-18-36-16-8-10-28-48(36,3)44(38)26-31-50(40,42)5)14-12-30-52(7,58)53(59,60)54(46(55)47(56)57)33-13-15-35(2)41-23-25-43-39-21-19-37-17-9-11-29-49(37,4)45(39)27-32-51(41,43)6/h34-45,58-60H,8-33H2,1-7H3,(H,56,57)/t34-,35-,36?,37?,38+,39+,40-,41-,42+,43+,44+,45+,48+,49+,50-,51-,52?/m1/s1. The summed E-state index contributed by atoms with van der Waals surface area (Å²) < 4.78 is 0. The van der Waals surface area contributed by atoms with E-state index < -0.39 is 23.4 Å². The van der Waals surface area contributed by atoms with Crippen molar-refractivity contribution >= 4 is 11.9 Å². The van der Waals surface area contributed by atoms with Crippen molar-refractivity contribution in [3.05, 3.63) is 0 Å². The average molecular weight is 836 g/mol. The van der Waals surface area contributed by atoms with Gasteiger partial charge >= 0.3 is 11.9 Å². The highest BCUT2D eigenvalue weighted by Gasteiger charge is 2.62. The van der Waals surface area contributed by atoms with Crippen LogP contribution in [0.25, 0.3) is 0 Å². The molecule has 8 rings (SSSR count). The van der Waals surface area contributed by atoms with E-state index in [-0.39, 0.29) is 13.0 Å². The number of hydrogen-bond donors (Lipinski definition) is 4. The van der Waals surface area contributed by atoms with E-state index in [4.69, 9.17) is 0 Å². The van der Waals surface area contributed by atoms with Crippen molar-refractivity contribution in [3.63, 3.8) is 0 Å². The predicted molar refractivity (Wildman–Crippen MR) is 238 cm³/mol. The van der Waals surface area contributed by atoms with Gasteiger partial charge in [0.15, 0.2) is 0 Å². The van der Waals surface area contributed by atoms with Crippen molar-refractivity contribution in [2.24, 2.45) is 92.7 Å². The molecule has 60 heavy (non-hydrogen) atoms. The highest BCUT2D eigenvalue weighted by molar-refractivity contribution is 6.31. The Bertz CT molecular complexity index is 1560. The molecule has 342 valence electrons. The highest BCUT2D eigenvalue weighted by atomic mass is 16.6. The van der Waals surface area contributed by atoms with Crippen molar-refractivity contribution in [2.45, 2.75) is 220 Å². The van der Waals surface area contributed by atoms with Gasteiger partial charge < -0.3 is 20.4 Å². The molecule has 0 aromatic carbocycles. The molecule has 3 unspecified atom stereocenters. The lowest BCUT2D eigenvalue weighted by molar-refractivity contribution is -0.337. The molecule has 1 amide bonds. The Labute approximate surface area is 365 Å². The first-order chi connectivity index (χ1) is 28.3. The molecule has 0 heterocycles. The van der Waals surface area contributed by atoms with Crippen molar-refractivity contribution in [1.29, 1.82) is 0 Å². The molecular weight excluding hydrogens is 747 g/mol. The van der Waals surface area contributed by atoms with Gasteiger partial charge in [0.1, 0.15) is 5.60 Å². The predicted octanol–water partition coefficient (Wildman–Crippen LogP) is 11.6. The van der Waals surface area contributed by atoms with E-state index in [9.17, 15) is 30.0 Å². The second-order valence-corrected chi connectivity index (χ2v) is 24.9.